The molecule has 0 radical (unpaired) electrons. The summed E-state index contributed by atoms with van der Waals surface area (Å²) >= 11 is 5.04. The maximum atomic E-state index is 12.3. The third kappa shape index (κ3) is 6.51. The van der Waals surface area contributed by atoms with Crippen molar-refractivity contribution < 1.29 is 14.3 Å². The van der Waals surface area contributed by atoms with Crippen molar-refractivity contribution in [2.75, 3.05) is 25.5 Å². The Morgan fingerprint density at radius 1 is 1.24 bits per heavy atom. The molecular weight excluding hydrogens is 404 g/mol. The van der Waals surface area contributed by atoms with E-state index in [2.05, 4.69) is 21.2 Å². The Hall–Kier alpha value is -1.86. The monoisotopic (exact) mass is 424 g/mol. The summed E-state index contributed by atoms with van der Waals surface area (Å²) in [6.45, 7) is 2.62. The van der Waals surface area contributed by atoms with Gasteiger partial charge in [-0.1, -0.05) is 12.1 Å². The van der Waals surface area contributed by atoms with Crippen LogP contribution in [0.5, 0.6) is 5.75 Å². The summed E-state index contributed by atoms with van der Waals surface area (Å²) in [7, 11) is 1.78. The number of hydrogen-bond donors (Lipinski definition) is 1. The minimum atomic E-state index is -0.0111. The third-order valence-corrected chi connectivity index (χ3v) is 5.08. The van der Waals surface area contributed by atoms with E-state index in [-0.39, 0.29) is 18.2 Å². The molecule has 1 heterocycles. The summed E-state index contributed by atoms with van der Waals surface area (Å²) in [5, 5.41) is 3.12. The molecule has 2 aromatic rings. The van der Waals surface area contributed by atoms with Gasteiger partial charge in [-0.25, -0.2) is 0 Å². The number of nitrogens with one attached hydrogen (secondary N) is 1. The van der Waals surface area contributed by atoms with Gasteiger partial charge in [0.25, 0.3) is 0 Å². The number of thiophene rings is 1. The van der Waals surface area contributed by atoms with Crippen molar-refractivity contribution in [3.63, 3.8) is 0 Å². The molecule has 0 bridgehead atoms. The summed E-state index contributed by atoms with van der Waals surface area (Å²) in [6, 6.07) is 11.4. The lowest BCUT2D eigenvalue weighted by Gasteiger charge is -2.18. The number of benzene rings is 1. The lowest BCUT2D eigenvalue weighted by atomic mass is 10.3. The number of ketones is 1. The number of ether oxygens (including phenoxy) is 1. The molecule has 0 unspecified atom stereocenters. The second kappa shape index (κ2) is 9.58. The first-order chi connectivity index (χ1) is 12.0. The van der Waals surface area contributed by atoms with Crippen LogP contribution in [0.25, 0.3) is 0 Å². The van der Waals surface area contributed by atoms with Crippen LogP contribution in [0, 0.1) is 0 Å². The average molecular weight is 425 g/mol. The Morgan fingerprint density at radius 3 is 2.68 bits per heavy atom. The Kier molecular flexibility index (Phi) is 7.46. The zero-order valence-corrected chi connectivity index (χ0v) is 16.7. The van der Waals surface area contributed by atoms with Gasteiger partial charge < -0.3 is 15.0 Å². The van der Waals surface area contributed by atoms with Gasteiger partial charge in [-0.3, -0.25) is 9.59 Å². The van der Waals surface area contributed by atoms with Crippen LogP contribution < -0.4 is 10.1 Å². The molecule has 0 spiro atoms. The molecule has 0 aliphatic rings. The zero-order valence-electron chi connectivity index (χ0n) is 14.3. The Balaban J connectivity index is 1.87. The van der Waals surface area contributed by atoms with Gasteiger partial charge in [0.15, 0.2) is 0 Å². The summed E-state index contributed by atoms with van der Waals surface area (Å²) in [5.74, 6) is 0.715. The van der Waals surface area contributed by atoms with Gasteiger partial charge in [-0.2, -0.15) is 0 Å². The van der Waals surface area contributed by atoms with Crippen LogP contribution in [0.3, 0.4) is 0 Å². The number of para-hydroxylation sites is 2. The van der Waals surface area contributed by atoms with Gasteiger partial charge in [0.05, 0.1) is 29.2 Å². The highest BCUT2D eigenvalue weighted by Crippen LogP contribution is 2.24. The number of carbonyl (C=O) groups is 2. The number of anilines is 1. The van der Waals surface area contributed by atoms with Gasteiger partial charge >= 0.3 is 0 Å². The highest BCUT2D eigenvalue weighted by atomic mass is 79.9. The SMILES string of the molecule is CC(=O)CCOc1ccccc1NCC(=O)N(C)Cc1ccc(Br)s1. The molecule has 2 rings (SSSR count). The quantitative estimate of drug-likeness (QED) is 0.661. The van der Waals surface area contributed by atoms with Gasteiger partial charge in [-0.05, 0) is 47.1 Å². The van der Waals surface area contributed by atoms with Gasteiger partial charge in [0.2, 0.25) is 5.91 Å². The summed E-state index contributed by atoms with van der Waals surface area (Å²) in [5.41, 5.74) is 0.742. The molecular formula is C18H21BrN2O3S. The van der Waals surface area contributed by atoms with E-state index in [1.54, 1.807) is 23.3 Å². The van der Waals surface area contributed by atoms with E-state index in [0.717, 1.165) is 14.4 Å². The Labute approximate surface area is 160 Å². The standard InChI is InChI=1S/C18H21BrN2O3S/c1-13(22)9-10-24-16-6-4-3-5-15(16)20-11-18(23)21(2)12-14-7-8-17(19)25-14/h3-8,20H,9-12H2,1-2H3. The number of halogens is 1. The van der Waals surface area contributed by atoms with Crippen molar-refractivity contribution in [3.05, 3.63) is 45.1 Å². The number of rotatable bonds is 9. The van der Waals surface area contributed by atoms with Crippen LogP contribution in [-0.2, 0) is 16.1 Å². The lowest BCUT2D eigenvalue weighted by Crippen LogP contribution is -2.31. The van der Waals surface area contributed by atoms with Crippen LogP contribution in [0.1, 0.15) is 18.2 Å². The van der Waals surface area contributed by atoms with Crippen LogP contribution in [0.4, 0.5) is 5.69 Å². The number of nitrogens with zero attached hydrogens (tertiary/aromatic N) is 1. The molecule has 5 nitrogen and oxygen atoms in total. The predicted octanol–water partition coefficient (Wildman–Crippen LogP) is 3.94. The molecule has 0 aliphatic heterocycles. The van der Waals surface area contributed by atoms with E-state index in [1.807, 2.05) is 36.4 Å². The highest BCUT2D eigenvalue weighted by Gasteiger charge is 2.12. The first-order valence-electron chi connectivity index (χ1n) is 7.89. The number of hydrogen-bond acceptors (Lipinski definition) is 5. The molecule has 0 atom stereocenters. The van der Waals surface area contributed by atoms with E-state index < -0.39 is 0 Å². The fraction of sp³-hybridized carbons (Fsp3) is 0.333. The van der Waals surface area contributed by atoms with Crippen molar-refractivity contribution in [1.82, 2.24) is 4.90 Å². The van der Waals surface area contributed by atoms with Gasteiger partial charge in [0.1, 0.15) is 11.5 Å². The number of Topliss-reactive ketones (excluding diaryl/α,β-unsaturated/α-hetero) is 1. The van der Waals surface area contributed by atoms with Crippen molar-refractivity contribution in [2.45, 2.75) is 19.9 Å². The number of likely N-dealkylation sites (N-methyl/N-ethyl adjacent to an activating group) is 1. The fourth-order valence-corrected chi connectivity index (χ4v) is 3.64. The minimum Gasteiger partial charge on any atom is -0.491 e. The molecule has 1 aromatic carbocycles. The first-order valence-corrected chi connectivity index (χ1v) is 9.50. The summed E-state index contributed by atoms with van der Waals surface area (Å²) < 4.78 is 6.68. The van der Waals surface area contributed by atoms with Crippen LogP contribution in [0.15, 0.2) is 40.2 Å². The molecule has 1 N–H and O–H groups in total. The second-order valence-corrected chi connectivity index (χ2v) is 8.15. The average Bonchev–Trinajstić information content (AvgIpc) is 2.98. The van der Waals surface area contributed by atoms with Crippen molar-refractivity contribution >= 4 is 44.6 Å². The zero-order chi connectivity index (χ0) is 18.2. The van der Waals surface area contributed by atoms with Gasteiger partial charge in [0, 0.05) is 18.3 Å². The summed E-state index contributed by atoms with van der Waals surface area (Å²) in [6.07, 6.45) is 0.367. The molecule has 0 aliphatic carbocycles. The van der Waals surface area contributed by atoms with E-state index in [0.29, 0.717) is 25.3 Å². The van der Waals surface area contributed by atoms with Gasteiger partial charge in [-0.15, -0.1) is 11.3 Å². The minimum absolute atomic E-state index is 0.0111. The molecule has 1 amide bonds. The van der Waals surface area contributed by atoms with E-state index in [1.165, 1.54) is 6.92 Å². The van der Waals surface area contributed by atoms with Crippen LogP contribution in [-0.4, -0.2) is 36.8 Å². The Bertz CT molecular complexity index is 733. The largest absolute Gasteiger partial charge is 0.491 e. The molecule has 0 saturated heterocycles. The maximum Gasteiger partial charge on any atom is 0.241 e. The smallest absolute Gasteiger partial charge is 0.241 e. The number of amides is 1. The van der Waals surface area contributed by atoms with E-state index >= 15 is 0 Å². The predicted molar refractivity (Wildman–Crippen MR) is 104 cm³/mol. The van der Waals surface area contributed by atoms with E-state index in [4.69, 9.17) is 4.74 Å². The van der Waals surface area contributed by atoms with Crippen molar-refractivity contribution in [2.24, 2.45) is 0 Å². The van der Waals surface area contributed by atoms with E-state index in [9.17, 15) is 9.59 Å². The maximum absolute atomic E-state index is 12.3. The number of carbonyl (C=O) groups excluding carboxylic acids is 2. The normalized spacial score (nSPS) is 10.4. The highest BCUT2D eigenvalue weighted by molar-refractivity contribution is 9.11. The topological polar surface area (TPSA) is 58.6 Å². The molecule has 134 valence electrons. The third-order valence-electron chi connectivity index (χ3n) is 3.48. The molecule has 0 fully saturated rings. The molecule has 25 heavy (non-hydrogen) atoms. The van der Waals surface area contributed by atoms with Crippen LogP contribution >= 0.6 is 27.3 Å². The molecule has 0 saturated carbocycles. The van der Waals surface area contributed by atoms with Crippen LogP contribution in [0.2, 0.25) is 0 Å². The van der Waals surface area contributed by atoms with Crippen molar-refractivity contribution in [3.8, 4) is 5.75 Å². The summed E-state index contributed by atoms with van der Waals surface area (Å²) in [4.78, 5) is 26.1. The molecule has 7 heteroatoms. The fourth-order valence-electron chi connectivity index (χ4n) is 2.11. The van der Waals surface area contributed by atoms with Crippen molar-refractivity contribution in [1.29, 1.82) is 0 Å². The lowest BCUT2D eigenvalue weighted by molar-refractivity contribution is -0.128. The first kappa shape index (κ1) is 19.5. The Morgan fingerprint density at radius 2 is 2.00 bits per heavy atom. The molecule has 1 aromatic heterocycles. The second-order valence-electron chi connectivity index (χ2n) is 5.61.